The molecule has 160 valence electrons. The second-order valence-electron chi connectivity index (χ2n) is 7.07. The molecule has 1 aromatic heterocycles. The Morgan fingerprint density at radius 2 is 1.58 bits per heavy atom. The van der Waals surface area contributed by atoms with Crippen molar-refractivity contribution in [1.29, 1.82) is 0 Å². The minimum absolute atomic E-state index is 0.271. The maximum atomic E-state index is 11.0. The van der Waals surface area contributed by atoms with E-state index >= 15 is 0 Å². The smallest absolute Gasteiger partial charge is 0.335 e. The van der Waals surface area contributed by atoms with E-state index in [1.165, 1.54) is 11.8 Å². The first-order valence-electron chi connectivity index (χ1n) is 9.73. The molecule has 0 unspecified atom stereocenters. The van der Waals surface area contributed by atoms with Crippen LogP contribution in [0.15, 0.2) is 59.8 Å². The monoisotopic (exact) mass is 474 g/mol. The summed E-state index contributed by atoms with van der Waals surface area (Å²) < 4.78 is 0. The minimum atomic E-state index is -0.932. The van der Waals surface area contributed by atoms with Gasteiger partial charge in [0.1, 0.15) is 11.0 Å². The maximum absolute atomic E-state index is 11.0. The van der Waals surface area contributed by atoms with Crippen molar-refractivity contribution in [1.82, 2.24) is 9.97 Å². The fraction of sp³-hybridized carbons (Fsp3) is 0.227. The first kappa shape index (κ1) is 21.7. The molecule has 1 N–H and O–H groups in total. The normalized spacial score (nSPS) is 14.0. The third kappa shape index (κ3) is 5.61. The number of halogens is 2. The molecule has 0 atom stereocenters. The number of carboxylic acids is 1. The average Bonchev–Trinajstić information content (AvgIpc) is 2.78. The number of carbonyl (C=O) groups is 1. The van der Waals surface area contributed by atoms with Crippen LogP contribution in [0, 0.1) is 0 Å². The number of aromatic carboxylic acids is 1. The fourth-order valence-corrected chi connectivity index (χ4v) is 4.51. The van der Waals surface area contributed by atoms with Crippen LogP contribution in [-0.4, -0.2) is 47.2 Å². The second-order valence-corrected chi connectivity index (χ2v) is 8.84. The van der Waals surface area contributed by atoms with Gasteiger partial charge in [-0.15, -0.1) is 0 Å². The van der Waals surface area contributed by atoms with Crippen LogP contribution in [0.4, 0.5) is 11.5 Å². The number of thioether (sulfide) groups is 1. The molecule has 1 aliphatic heterocycles. The number of hydrogen-bond donors (Lipinski definition) is 1. The van der Waals surface area contributed by atoms with Crippen molar-refractivity contribution in [2.24, 2.45) is 0 Å². The van der Waals surface area contributed by atoms with E-state index in [9.17, 15) is 4.79 Å². The SMILES string of the molecule is O=C(O)c1ccc(CSc2nc(Cl)cc(N3CCN(c4ccc(Cl)cc4)CC3)n2)cc1. The Kier molecular flexibility index (Phi) is 6.85. The highest BCUT2D eigenvalue weighted by atomic mass is 35.5. The largest absolute Gasteiger partial charge is 0.478 e. The standard InChI is InChI=1S/C22H20Cl2N4O2S/c23-17-5-7-18(8-6-17)27-9-11-28(12-10-27)20-13-19(24)25-22(26-20)31-14-15-1-3-16(4-2-15)21(29)30/h1-8,13H,9-12,14H2,(H,29,30). The van der Waals surface area contributed by atoms with Crippen LogP contribution in [0.3, 0.4) is 0 Å². The van der Waals surface area contributed by atoms with Gasteiger partial charge in [0, 0.05) is 48.7 Å². The van der Waals surface area contributed by atoms with Gasteiger partial charge < -0.3 is 14.9 Å². The lowest BCUT2D eigenvalue weighted by molar-refractivity contribution is 0.0697. The summed E-state index contributed by atoms with van der Waals surface area (Å²) in [5.41, 5.74) is 2.43. The Morgan fingerprint density at radius 3 is 2.23 bits per heavy atom. The molecule has 0 bridgehead atoms. The first-order valence-corrected chi connectivity index (χ1v) is 11.5. The van der Waals surface area contributed by atoms with E-state index in [1.54, 1.807) is 30.3 Å². The van der Waals surface area contributed by atoms with Gasteiger partial charge in [-0.2, -0.15) is 0 Å². The van der Waals surface area contributed by atoms with E-state index in [4.69, 9.17) is 33.3 Å². The van der Waals surface area contributed by atoms with Crippen molar-refractivity contribution < 1.29 is 9.90 Å². The van der Waals surface area contributed by atoms with Crippen LogP contribution in [0.2, 0.25) is 10.2 Å². The maximum Gasteiger partial charge on any atom is 0.335 e. The molecule has 0 aliphatic carbocycles. The topological polar surface area (TPSA) is 69.6 Å². The van der Waals surface area contributed by atoms with Crippen molar-refractivity contribution in [2.45, 2.75) is 10.9 Å². The van der Waals surface area contributed by atoms with Crippen LogP contribution in [0.5, 0.6) is 0 Å². The zero-order valence-electron chi connectivity index (χ0n) is 16.5. The summed E-state index contributed by atoms with van der Waals surface area (Å²) >= 11 is 13.7. The van der Waals surface area contributed by atoms with Gasteiger partial charge in [-0.3, -0.25) is 0 Å². The minimum Gasteiger partial charge on any atom is -0.478 e. The molecule has 0 spiro atoms. The molecule has 31 heavy (non-hydrogen) atoms. The number of hydrogen-bond acceptors (Lipinski definition) is 6. The van der Waals surface area contributed by atoms with Gasteiger partial charge in [0.15, 0.2) is 5.16 Å². The lowest BCUT2D eigenvalue weighted by Gasteiger charge is -2.36. The molecule has 0 amide bonds. The third-order valence-corrected chi connectivity index (χ3v) is 6.39. The molecule has 3 aromatic rings. The summed E-state index contributed by atoms with van der Waals surface area (Å²) in [6, 6.07) is 16.5. The Labute approximate surface area is 194 Å². The van der Waals surface area contributed by atoms with Crippen molar-refractivity contribution in [2.75, 3.05) is 36.0 Å². The quantitative estimate of drug-likeness (QED) is 0.302. The lowest BCUT2D eigenvalue weighted by atomic mass is 10.1. The number of aromatic nitrogens is 2. The molecule has 2 aromatic carbocycles. The number of piperazine rings is 1. The highest BCUT2D eigenvalue weighted by Gasteiger charge is 2.19. The van der Waals surface area contributed by atoms with E-state index in [-0.39, 0.29) is 5.56 Å². The lowest BCUT2D eigenvalue weighted by Crippen LogP contribution is -2.46. The Morgan fingerprint density at radius 1 is 0.935 bits per heavy atom. The number of anilines is 2. The van der Waals surface area contributed by atoms with Crippen molar-refractivity contribution in [3.63, 3.8) is 0 Å². The summed E-state index contributed by atoms with van der Waals surface area (Å²) in [7, 11) is 0. The molecule has 4 rings (SSSR count). The van der Waals surface area contributed by atoms with Crippen LogP contribution >= 0.6 is 35.0 Å². The number of rotatable bonds is 6. The molecule has 2 heterocycles. The summed E-state index contributed by atoms with van der Waals surface area (Å²) in [4.78, 5) is 24.5. The Bertz CT molecular complexity index is 1060. The molecule has 1 aliphatic rings. The van der Waals surface area contributed by atoms with Crippen LogP contribution in [0.1, 0.15) is 15.9 Å². The van der Waals surface area contributed by atoms with E-state index in [0.29, 0.717) is 16.1 Å². The number of benzene rings is 2. The summed E-state index contributed by atoms with van der Waals surface area (Å²) in [5, 5.41) is 10.8. The number of carboxylic acid groups (broad SMARTS) is 1. The number of nitrogens with zero attached hydrogens (tertiary/aromatic N) is 4. The molecular weight excluding hydrogens is 455 g/mol. The van der Waals surface area contributed by atoms with Gasteiger partial charge in [-0.25, -0.2) is 14.8 Å². The second kappa shape index (κ2) is 9.77. The van der Waals surface area contributed by atoms with E-state index in [2.05, 4.69) is 14.8 Å². The fourth-order valence-electron chi connectivity index (χ4n) is 3.35. The molecule has 9 heteroatoms. The highest BCUT2D eigenvalue weighted by molar-refractivity contribution is 7.98. The van der Waals surface area contributed by atoms with E-state index < -0.39 is 5.97 Å². The average molecular weight is 475 g/mol. The molecular formula is C22H20Cl2N4O2S. The summed E-state index contributed by atoms with van der Waals surface area (Å²) in [6.07, 6.45) is 0. The zero-order chi connectivity index (χ0) is 21.8. The molecule has 6 nitrogen and oxygen atoms in total. The van der Waals surface area contributed by atoms with Crippen molar-refractivity contribution in [3.8, 4) is 0 Å². The van der Waals surface area contributed by atoms with Gasteiger partial charge in [-0.1, -0.05) is 47.1 Å². The van der Waals surface area contributed by atoms with Crippen LogP contribution < -0.4 is 9.80 Å². The molecule has 1 saturated heterocycles. The summed E-state index contributed by atoms with van der Waals surface area (Å²) in [6.45, 7) is 3.41. The third-order valence-electron chi connectivity index (χ3n) is 5.03. The van der Waals surface area contributed by atoms with E-state index in [0.717, 1.165) is 48.3 Å². The van der Waals surface area contributed by atoms with Crippen molar-refractivity contribution in [3.05, 3.63) is 75.9 Å². The van der Waals surface area contributed by atoms with Gasteiger partial charge in [-0.05, 0) is 42.0 Å². The van der Waals surface area contributed by atoms with Gasteiger partial charge in [0.25, 0.3) is 0 Å². The van der Waals surface area contributed by atoms with E-state index in [1.807, 2.05) is 24.3 Å². The first-order chi connectivity index (χ1) is 15.0. The Balaban J connectivity index is 1.38. The summed E-state index contributed by atoms with van der Waals surface area (Å²) in [5.74, 6) is 0.516. The van der Waals surface area contributed by atoms with Crippen LogP contribution in [0.25, 0.3) is 0 Å². The molecule has 1 fully saturated rings. The van der Waals surface area contributed by atoms with Gasteiger partial charge in [0.2, 0.25) is 0 Å². The van der Waals surface area contributed by atoms with Crippen LogP contribution in [-0.2, 0) is 5.75 Å². The molecule has 0 radical (unpaired) electrons. The van der Waals surface area contributed by atoms with Gasteiger partial charge in [0.05, 0.1) is 5.56 Å². The zero-order valence-corrected chi connectivity index (χ0v) is 18.9. The Hall–Kier alpha value is -2.48. The highest BCUT2D eigenvalue weighted by Crippen LogP contribution is 2.26. The predicted molar refractivity (Wildman–Crippen MR) is 126 cm³/mol. The van der Waals surface area contributed by atoms with Gasteiger partial charge >= 0.3 is 5.97 Å². The molecule has 0 saturated carbocycles. The van der Waals surface area contributed by atoms with Crippen molar-refractivity contribution >= 4 is 52.4 Å². The predicted octanol–water partition coefficient (Wildman–Crippen LogP) is 5.10.